The van der Waals surface area contributed by atoms with Gasteiger partial charge in [0.05, 0.1) is 5.71 Å². The van der Waals surface area contributed by atoms with Crippen LogP contribution in [0.15, 0.2) is 47.8 Å². The van der Waals surface area contributed by atoms with Crippen molar-refractivity contribution in [3.05, 3.63) is 58.7 Å². The minimum atomic E-state index is -1.31. The zero-order chi connectivity index (χ0) is 24.1. The lowest BCUT2D eigenvalue weighted by atomic mass is 9.85. The number of pyridine rings is 1. The number of piperidine rings is 2. The molecule has 3 heterocycles. The minimum absolute atomic E-state index is 0.157. The van der Waals surface area contributed by atoms with Gasteiger partial charge in [-0.3, -0.25) is 9.69 Å². The van der Waals surface area contributed by atoms with Gasteiger partial charge in [-0.25, -0.2) is 4.98 Å². The molecule has 34 heavy (non-hydrogen) atoms. The molecule has 3 N–H and O–H groups in total. The van der Waals surface area contributed by atoms with E-state index in [1.165, 1.54) is 0 Å². The summed E-state index contributed by atoms with van der Waals surface area (Å²) in [5.41, 5.74) is 7.39. The zero-order valence-electron chi connectivity index (χ0n) is 19.5. The maximum Gasteiger partial charge on any atom is 0.254 e. The molecule has 8 nitrogen and oxygen atoms in total. The molecule has 2 aliphatic rings. The van der Waals surface area contributed by atoms with E-state index in [0.29, 0.717) is 49.9 Å². The molecule has 0 saturated carbocycles. The molecule has 2 aromatic rings. The number of anilines is 1. The van der Waals surface area contributed by atoms with Crippen LogP contribution in [0.5, 0.6) is 0 Å². The molecule has 2 aliphatic heterocycles. The molecule has 4 rings (SSSR count). The summed E-state index contributed by atoms with van der Waals surface area (Å²) in [4.78, 5) is 26.4. The maximum atomic E-state index is 13.3. The Bertz CT molecular complexity index is 1010. The highest BCUT2D eigenvalue weighted by molar-refractivity contribution is 6.30. The molecule has 2 saturated heterocycles. The number of nitrogen functional groups attached to an aromatic ring is 1. The van der Waals surface area contributed by atoms with Crippen LogP contribution in [0.2, 0.25) is 5.02 Å². The highest BCUT2D eigenvalue weighted by Crippen LogP contribution is 2.29. The van der Waals surface area contributed by atoms with Gasteiger partial charge in [-0.1, -0.05) is 28.9 Å². The van der Waals surface area contributed by atoms with Crippen molar-refractivity contribution in [3.63, 3.8) is 0 Å². The van der Waals surface area contributed by atoms with Crippen LogP contribution in [0, 0.1) is 5.92 Å². The Hall–Kier alpha value is -2.68. The monoisotopic (exact) mass is 485 g/mol. The van der Waals surface area contributed by atoms with Crippen molar-refractivity contribution in [2.45, 2.75) is 37.8 Å². The number of carbonyl (C=O) groups is 1. The molecule has 1 amide bonds. The van der Waals surface area contributed by atoms with Gasteiger partial charge < -0.3 is 20.6 Å². The Morgan fingerprint density at radius 1 is 1.21 bits per heavy atom. The quantitative estimate of drug-likeness (QED) is 0.481. The summed E-state index contributed by atoms with van der Waals surface area (Å²) in [5, 5.41) is 16.1. The van der Waals surface area contributed by atoms with Gasteiger partial charge in [0.2, 0.25) is 0 Å². The molecule has 0 atom stereocenters. The summed E-state index contributed by atoms with van der Waals surface area (Å²) < 4.78 is 0. The first-order chi connectivity index (χ1) is 16.4. The molecular weight excluding hydrogens is 454 g/mol. The average molecular weight is 486 g/mol. The van der Waals surface area contributed by atoms with Crippen molar-refractivity contribution in [1.29, 1.82) is 0 Å². The van der Waals surface area contributed by atoms with Crippen molar-refractivity contribution in [2.75, 3.05) is 39.0 Å². The molecule has 182 valence electrons. The molecular formula is C25H32ClN5O3. The fraction of sp³-hybridized carbons (Fsp3) is 0.480. The Morgan fingerprint density at radius 2 is 1.88 bits per heavy atom. The number of rotatable bonds is 6. The van der Waals surface area contributed by atoms with Gasteiger partial charge in [-0.2, -0.15) is 0 Å². The van der Waals surface area contributed by atoms with Crippen LogP contribution in [-0.2, 0) is 16.2 Å². The second-order valence-electron chi connectivity index (χ2n) is 9.13. The number of aromatic nitrogens is 1. The number of hydrogen-bond acceptors (Lipinski definition) is 7. The Balaban J connectivity index is 1.32. The summed E-state index contributed by atoms with van der Waals surface area (Å²) in [6.07, 6.45) is 4.08. The topological polar surface area (TPSA) is 104 Å². The second kappa shape index (κ2) is 10.7. The van der Waals surface area contributed by atoms with Gasteiger partial charge in [0, 0.05) is 49.9 Å². The number of oxime groups is 1. The molecule has 0 aliphatic carbocycles. The van der Waals surface area contributed by atoms with Gasteiger partial charge in [-0.05, 0) is 61.1 Å². The third-order valence-electron chi connectivity index (χ3n) is 6.83. The van der Waals surface area contributed by atoms with Crippen molar-refractivity contribution < 1.29 is 14.7 Å². The highest BCUT2D eigenvalue weighted by atomic mass is 35.5. The standard InChI is InChI=1S/C25H32ClN5O3/c1-34-29-23(19-2-4-21(26)5-3-19)20-7-12-31(13-8-20)24(32)25(33)9-14-30(15-10-25)17-18-6-11-28-22(27)16-18/h2-6,11,16,20,33H,7-10,12-15,17H2,1H3,(H2,27,28)/b29-23+. The first kappa shape index (κ1) is 24.4. The summed E-state index contributed by atoms with van der Waals surface area (Å²) in [6.45, 7) is 3.21. The number of nitrogens with two attached hydrogens (primary N) is 1. The van der Waals surface area contributed by atoms with Crippen LogP contribution in [-0.4, -0.2) is 70.4 Å². The number of nitrogens with zero attached hydrogens (tertiary/aromatic N) is 4. The number of benzene rings is 1. The van der Waals surface area contributed by atoms with E-state index in [1.54, 1.807) is 13.3 Å². The Morgan fingerprint density at radius 3 is 2.50 bits per heavy atom. The summed E-state index contributed by atoms with van der Waals surface area (Å²) in [6, 6.07) is 11.4. The number of aliphatic hydroxyl groups is 1. The van der Waals surface area contributed by atoms with E-state index < -0.39 is 5.60 Å². The van der Waals surface area contributed by atoms with Crippen LogP contribution in [0.1, 0.15) is 36.8 Å². The van der Waals surface area contributed by atoms with E-state index in [1.807, 2.05) is 41.3 Å². The number of amides is 1. The lowest BCUT2D eigenvalue weighted by molar-refractivity contribution is -0.157. The number of carbonyl (C=O) groups excluding carboxylic acids is 1. The first-order valence-corrected chi connectivity index (χ1v) is 12.1. The highest BCUT2D eigenvalue weighted by Gasteiger charge is 2.43. The van der Waals surface area contributed by atoms with Gasteiger partial charge in [-0.15, -0.1) is 0 Å². The summed E-state index contributed by atoms with van der Waals surface area (Å²) in [7, 11) is 1.54. The van der Waals surface area contributed by atoms with Crippen LogP contribution in [0.3, 0.4) is 0 Å². The molecule has 1 aromatic heterocycles. The third-order valence-corrected chi connectivity index (χ3v) is 7.08. The van der Waals surface area contributed by atoms with Crippen LogP contribution in [0.25, 0.3) is 0 Å². The number of likely N-dealkylation sites (tertiary alicyclic amines) is 2. The zero-order valence-corrected chi connectivity index (χ0v) is 20.2. The molecule has 1 aromatic carbocycles. The predicted octanol–water partition coefficient (Wildman–Crippen LogP) is 2.93. The fourth-order valence-corrected chi connectivity index (χ4v) is 5.00. The van der Waals surface area contributed by atoms with E-state index in [4.69, 9.17) is 22.2 Å². The van der Waals surface area contributed by atoms with Crippen LogP contribution >= 0.6 is 11.6 Å². The molecule has 0 spiro atoms. The SMILES string of the molecule is CO/N=C(\c1ccc(Cl)cc1)C1CCN(C(=O)C2(O)CCN(Cc3ccnc(N)c3)CC2)CC1. The van der Waals surface area contributed by atoms with Crippen molar-refractivity contribution in [3.8, 4) is 0 Å². The van der Waals surface area contributed by atoms with Gasteiger partial charge >= 0.3 is 0 Å². The molecule has 2 fully saturated rings. The van der Waals surface area contributed by atoms with E-state index in [9.17, 15) is 9.90 Å². The predicted molar refractivity (Wildman–Crippen MR) is 132 cm³/mol. The number of hydrogen-bond donors (Lipinski definition) is 2. The molecule has 9 heteroatoms. The number of halogens is 1. The van der Waals surface area contributed by atoms with E-state index in [2.05, 4.69) is 15.0 Å². The fourth-order valence-electron chi connectivity index (χ4n) is 4.88. The lowest BCUT2D eigenvalue weighted by Crippen LogP contribution is -2.56. The third kappa shape index (κ3) is 5.68. The minimum Gasteiger partial charge on any atom is -0.399 e. The van der Waals surface area contributed by atoms with Gasteiger partial charge in [0.25, 0.3) is 5.91 Å². The van der Waals surface area contributed by atoms with E-state index in [0.717, 1.165) is 36.2 Å². The molecule has 0 radical (unpaired) electrons. The smallest absolute Gasteiger partial charge is 0.254 e. The lowest BCUT2D eigenvalue weighted by Gasteiger charge is -2.41. The van der Waals surface area contributed by atoms with Crippen molar-refractivity contribution in [1.82, 2.24) is 14.8 Å². The molecule has 0 unspecified atom stereocenters. The van der Waals surface area contributed by atoms with Crippen molar-refractivity contribution in [2.24, 2.45) is 11.1 Å². The van der Waals surface area contributed by atoms with Crippen molar-refractivity contribution >= 4 is 29.0 Å². The average Bonchev–Trinajstić information content (AvgIpc) is 2.84. The van der Waals surface area contributed by atoms with E-state index in [-0.39, 0.29) is 11.8 Å². The Labute approximate surface area is 205 Å². The van der Waals surface area contributed by atoms with Crippen LogP contribution in [0.4, 0.5) is 5.82 Å². The largest absolute Gasteiger partial charge is 0.399 e. The van der Waals surface area contributed by atoms with E-state index >= 15 is 0 Å². The summed E-state index contributed by atoms with van der Waals surface area (Å²) >= 11 is 6.03. The van der Waals surface area contributed by atoms with Gasteiger partial charge in [0.1, 0.15) is 18.5 Å². The maximum absolute atomic E-state index is 13.3. The summed E-state index contributed by atoms with van der Waals surface area (Å²) in [5.74, 6) is 0.518. The van der Waals surface area contributed by atoms with Gasteiger partial charge in [0.15, 0.2) is 0 Å². The van der Waals surface area contributed by atoms with Crippen LogP contribution < -0.4 is 5.73 Å². The second-order valence-corrected chi connectivity index (χ2v) is 9.57. The normalized spacial score (nSPS) is 19.7. The first-order valence-electron chi connectivity index (χ1n) is 11.7. The Kier molecular flexibility index (Phi) is 7.70. The molecule has 0 bridgehead atoms.